The molecule has 0 saturated heterocycles. The summed E-state index contributed by atoms with van der Waals surface area (Å²) in [7, 11) is 1.68. The van der Waals surface area contributed by atoms with Gasteiger partial charge in [0.2, 0.25) is 5.91 Å². The van der Waals surface area contributed by atoms with Crippen molar-refractivity contribution in [2.75, 3.05) is 13.7 Å². The maximum Gasteiger partial charge on any atom is 0.237 e. The summed E-state index contributed by atoms with van der Waals surface area (Å²) in [5.74, 6) is 0.107. The third-order valence-electron chi connectivity index (χ3n) is 3.21. The van der Waals surface area contributed by atoms with Gasteiger partial charge in [-0.25, -0.2) is 0 Å². The van der Waals surface area contributed by atoms with Crippen LogP contribution in [0, 0.1) is 0 Å². The van der Waals surface area contributed by atoms with E-state index in [0.29, 0.717) is 12.6 Å². The highest BCUT2D eigenvalue weighted by Gasteiger charge is 2.20. The summed E-state index contributed by atoms with van der Waals surface area (Å²) in [6, 6.07) is 0.259. The molecule has 4 heteroatoms. The van der Waals surface area contributed by atoms with Crippen LogP contribution in [0.2, 0.25) is 0 Å². The molecule has 2 atom stereocenters. The molecule has 0 radical (unpaired) electrons. The molecule has 1 aliphatic rings. The number of ether oxygens (including phenoxy) is 1. The van der Waals surface area contributed by atoms with Gasteiger partial charge in [0.25, 0.3) is 0 Å². The number of hydrogen-bond donors (Lipinski definition) is 2. The molecule has 0 heterocycles. The Morgan fingerprint density at radius 1 is 1.38 bits per heavy atom. The molecular weight excluding hydrogens is 204 g/mol. The lowest BCUT2D eigenvalue weighted by atomic mass is 10.2. The Hall–Kier alpha value is -0.610. The van der Waals surface area contributed by atoms with Gasteiger partial charge in [-0.15, -0.1) is 0 Å². The van der Waals surface area contributed by atoms with Gasteiger partial charge in [0.05, 0.1) is 12.1 Å². The van der Waals surface area contributed by atoms with Crippen molar-refractivity contribution in [2.24, 2.45) is 0 Å². The second kappa shape index (κ2) is 6.86. The molecule has 0 aliphatic heterocycles. The summed E-state index contributed by atoms with van der Waals surface area (Å²) in [6.45, 7) is 4.58. The van der Waals surface area contributed by atoms with Crippen LogP contribution in [0.1, 0.15) is 39.5 Å². The molecule has 0 aromatic rings. The zero-order valence-electron chi connectivity index (χ0n) is 10.6. The van der Waals surface area contributed by atoms with Crippen LogP contribution >= 0.6 is 0 Å². The normalized spacial score (nSPS) is 20.7. The second-order valence-electron chi connectivity index (χ2n) is 4.67. The summed E-state index contributed by atoms with van der Waals surface area (Å²) in [5, 5.41) is 6.25. The van der Waals surface area contributed by atoms with Gasteiger partial charge in [0.1, 0.15) is 0 Å². The molecular formula is C12H24N2O2. The van der Waals surface area contributed by atoms with Crippen molar-refractivity contribution in [1.29, 1.82) is 0 Å². The lowest BCUT2D eigenvalue weighted by Crippen LogP contribution is -2.47. The molecule has 1 aliphatic carbocycles. The Kier molecular flexibility index (Phi) is 5.77. The molecule has 1 fully saturated rings. The molecule has 16 heavy (non-hydrogen) atoms. The third-order valence-corrected chi connectivity index (χ3v) is 3.21. The zero-order valence-corrected chi connectivity index (χ0v) is 10.6. The Balaban J connectivity index is 2.19. The highest BCUT2D eigenvalue weighted by Crippen LogP contribution is 2.17. The molecule has 94 valence electrons. The van der Waals surface area contributed by atoms with Gasteiger partial charge in [-0.3, -0.25) is 4.79 Å². The van der Waals surface area contributed by atoms with Gasteiger partial charge in [-0.2, -0.15) is 0 Å². The maximum absolute atomic E-state index is 11.8. The van der Waals surface area contributed by atoms with Crippen molar-refractivity contribution in [2.45, 2.75) is 57.7 Å². The van der Waals surface area contributed by atoms with Crippen LogP contribution in [-0.4, -0.2) is 37.7 Å². The minimum Gasteiger partial charge on any atom is -0.380 e. The first kappa shape index (κ1) is 13.5. The van der Waals surface area contributed by atoms with Crippen molar-refractivity contribution in [3.05, 3.63) is 0 Å². The molecule has 0 bridgehead atoms. The monoisotopic (exact) mass is 228 g/mol. The number of methoxy groups -OCH3 is 1. The van der Waals surface area contributed by atoms with E-state index in [0.717, 1.165) is 12.8 Å². The fourth-order valence-corrected chi connectivity index (χ4v) is 1.92. The molecule has 2 unspecified atom stereocenters. The first-order valence-corrected chi connectivity index (χ1v) is 6.20. The highest BCUT2D eigenvalue weighted by atomic mass is 16.5. The van der Waals surface area contributed by atoms with Crippen LogP contribution in [0.5, 0.6) is 0 Å². The van der Waals surface area contributed by atoms with Gasteiger partial charge in [-0.05, 0) is 26.7 Å². The lowest BCUT2D eigenvalue weighted by molar-refractivity contribution is -0.123. The Labute approximate surface area is 98.1 Å². The van der Waals surface area contributed by atoms with Crippen LogP contribution in [0.15, 0.2) is 0 Å². The van der Waals surface area contributed by atoms with Gasteiger partial charge in [0.15, 0.2) is 0 Å². The largest absolute Gasteiger partial charge is 0.380 e. The van der Waals surface area contributed by atoms with Gasteiger partial charge >= 0.3 is 0 Å². The number of carbonyl (C=O) groups is 1. The van der Waals surface area contributed by atoms with E-state index in [9.17, 15) is 4.79 Å². The second-order valence-corrected chi connectivity index (χ2v) is 4.67. The van der Waals surface area contributed by atoms with Crippen LogP contribution in [-0.2, 0) is 9.53 Å². The van der Waals surface area contributed by atoms with Crippen molar-refractivity contribution >= 4 is 5.91 Å². The van der Waals surface area contributed by atoms with E-state index in [1.54, 1.807) is 7.11 Å². The van der Waals surface area contributed by atoms with Gasteiger partial charge in [-0.1, -0.05) is 12.8 Å². The fourth-order valence-electron chi connectivity index (χ4n) is 1.92. The Morgan fingerprint density at radius 2 is 2.00 bits per heavy atom. The SMILES string of the molecule is COC(C)CNC(C)C(=O)NC1CCCC1. The van der Waals surface area contributed by atoms with Gasteiger partial charge in [0, 0.05) is 19.7 Å². The van der Waals surface area contributed by atoms with E-state index in [1.165, 1.54) is 12.8 Å². The number of rotatable bonds is 6. The molecule has 1 saturated carbocycles. The van der Waals surface area contributed by atoms with Gasteiger partial charge < -0.3 is 15.4 Å². The average Bonchev–Trinajstić information content (AvgIpc) is 2.77. The van der Waals surface area contributed by atoms with E-state index in [2.05, 4.69) is 10.6 Å². The molecule has 4 nitrogen and oxygen atoms in total. The van der Waals surface area contributed by atoms with Crippen molar-refractivity contribution in [3.63, 3.8) is 0 Å². The van der Waals surface area contributed by atoms with Crippen LogP contribution in [0.25, 0.3) is 0 Å². The smallest absolute Gasteiger partial charge is 0.237 e. The molecule has 2 N–H and O–H groups in total. The van der Waals surface area contributed by atoms with E-state index < -0.39 is 0 Å². The van der Waals surface area contributed by atoms with Crippen molar-refractivity contribution in [3.8, 4) is 0 Å². The van der Waals surface area contributed by atoms with Crippen molar-refractivity contribution in [1.82, 2.24) is 10.6 Å². The highest BCUT2D eigenvalue weighted by molar-refractivity contribution is 5.81. The van der Waals surface area contributed by atoms with Crippen LogP contribution in [0.3, 0.4) is 0 Å². The summed E-state index contributed by atoms with van der Waals surface area (Å²) in [5.41, 5.74) is 0. The first-order valence-electron chi connectivity index (χ1n) is 6.20. The number of hydrogen-bond acceptors (Lipinski definition) is 3. The summed E-state index contributed by atoms with van der Waals surface area (Å²) >= 11 is 0. The zero-order chi connectivity index (χ0) is 12.0. The van der Waals surface area contributed by atoms with Crippen LogP contribution < -0.4 is 10.6 Å². The molecule has 1 rings (SSSR count). The standard InChI is InChI=1S/C12H24N2O2/c1-9(16-3)8-13-10(2)12(15)14-11-6-4-5-7-11/h9-11,13H,4-8H2,1-3H3,(H,14,15). The fraction of sp³-hybridized carbons (Fsp3) is 0.917. The molecule has 1 amide bonds. The third kappa shape index (κ3) is 4.49. The summed E-state index contributed by atoms with van der Waals surface area (Å²) < 4.78 is 5.12. The minimum absolute atomic E-state index is 0.107. The average molecular weight is 228 g/mol. The predicted molar refractivity (Wildman–Crippen MR) is 64.3 cm³/mol. The van der Waals surface area contributed by atoms with E-state index in [1.807, 2.05) is 13.8 Å². The molecule has 0 aromatic heterocycles. The Bertz CT molecular complexity index is 215. The molecule has 0 spiro atoms. The molecule has 0 aromatic carbocycles. The number of carbonyl (C=O) groups excluding carboxylic acids is 1. The van der Waals surface area contributed by atoms with E-state index >= 15 is 0 Å². The number of amides is 1. The van der Waals surface area contributed by atoms with E-state index in [-0.39, 0.29) is 18.1 Å². The van der Waals surface area contributed by atoms with E-state index in [4.69, 9.17) is 4.74 Å². The summed E-state index contributed by atoms with van der Waals surface area (Å²) in [4.78, 5) is 11.8. The Morgan fingerprint density at radius 3 is 2.56 bits per heavy atom. The topological polar surface area (TPSA) is 50.4 Å². The predicted octanol–water partition coefficient (Wildman–Crippen LogP) is 1.06. The quantitative estimate of drug-likeness (QED) is 0.714. The maximum atomic E-state index is 11.8. The lowest BCUT2D eigenvalue weighted by Gasteiger charge is -2.19. The van der Waals surface area contributed by atoms with Crippen molar-refractivity contribution < 1.29 is 9.53 Å². The minimum atomic E-state index is -0.141. The summed E-state index contributed by atoms with van der Waals surface area (Å²) in [6.07, 6.45) is 4.89. The number of nitrogens with one attached hydrogen (secondary N) is 2. The van der Waals surface area contributed by atoms with Crippen LogP contribution in [0.4, 0.5) is 0 Å². The first-order chi connectivity index (χ1) is 7.63.